The quantitative estimate of drug-likeness (QED) is 0.590. The summed E-state index contributed by atoms with van der Waals surface area (Å²) in [4.78, 5) is 11.3. The summed E-state index contributed by atoms with van der Waals surface area (Å²) in [5.74, 6) is -0.218. The number of unbranched alkanes of at least 4 members (excludes halogenated alkanes) is 2. The van der Waals surface area contributed by atoms with Crippen LogP contribution in [0.1, 0.15) is 40.7 Å². The minimum Gasteiger partial charge on any atom is -0.388 e. The van der Waals surface area contributed by atoms with Crippen molar-refractivity contribution in [3.05, 3.63) is 71.3 Å². The van der Waals surface area contributed by atoms with Crippen LogP contribution in [0.2, 0.25) is 0 Å². The molecular weight excluding hydrogens is 260 g/mol. The third-order valence-corrected chi connectivity index (χ3v) is 3.69. The number of carbonyl (C=O) groups is 1. The predicted molar refractivity (Wildman–Crippen MR) is 85.6 cm³/mol. The van der Waals surface area contributed by atoms with Gasteiger partial charge in [-0.25, -0.2) is 0 Å². The van der Waals surface area contributed by atoms with Gasteiger partial charge >= 0.3 is 0 Å². The highest BCUT2D eigenvalue weighted by Gasteiger charge is 2.03. The first-order valence-corrected chi connectivity index (χ1v) is 7.56. The highest BCUT2D eigenvalue weighted by atomic mass is 16.3. The van der Waals surface area contributed by atoms with Crippen molar-refractivity contribution in [2.75, 3.05) is 6.61 Å². The van der Waals surface area contributed by atoms with Crippen molar-refractivity contribution in [2.24, 2.45) is 0 Å². The second-order valence-electron chi connectivity index (χ2n) is 5.32. The van der Waals surface area contributed by atoms with Gasteiger partial charge in [-0.05, 0) is 36.8 Å². The van der Waals surface area contributed by atoms with E-state index in [4.69, 9.17) is 5.11 Å². The second-order valence-corrected chi connectivity index (χ2v) is 5.32. The van der Waals surface area contributed by atoms with Crippen molar-refractivity contribution in [3.63, 3.8) is 0 Å². The SMILES string of the molecule is O=C(CO)c1ccc(CCCCCc2ccccc2)cc1. The van der Waals surface area contributed by atoms with Gasteiger partial charge in [0.2, 0.25) is 0 Å². The maximum Gasteiger partial charge on any atom is 0.188 e. The summed E-state index contributed by atoms with van der Waals surface area (Å²) in [6.45, 7) is -0.418. The Hall–Kier alpha value is -1.93. The lowest BCUT2D eigenvalue weighted by atomic mass is 10.0. The third kappa shape index (κ3) is 5.16. The molecule has 0 bridgehead atoms. The Balaban J connectivity index is 1.68. The Morgan fingerprint density at radius 3 is 1.90 bits per heavy atom. The van der Waals surface area contributed by atoms with Gasteiger partial charge in [0.25, 0.3) is 0 Å². The second kappa shape index (κ2) is 8.38. The predicted octanol–water partition coefficient (Wildman–Crippen LogP) is 3.82. The lowest BCUT2D eigenvalue weighted by molar-refractivity contribution is 0.0903. The molecule has 0 saturated carbocycles. The molecule has 0 radical (unpaired) electrons. The summed E-state index contributed by atoms with van der Waals surface area (Å²) in [5.41, 5.74) is 3.25. The minimum absolute atomic E-state index is 0.218. The van der Waals surface area contributed by atoms with Gasteiger partial charge in [-0.15, -0.1) is 0 Å². The van der Waals surface area contributed by atoms with Gasteiger partial charge in [-0.2, -0.15) is 0 Å². The van der Waals surface area contributed by atoms with Crippen LogP contribution in [-0.2, 0) is 12.8 Å². The monoisotopic (exact) mass is 282 g/mol. The van der Waals surface area contributed by atoms with Crippen molar-refractivity contribution >= 4 is 5.78 Å². The van der Waals surface area contributed by atoms with Crippen LogP contribution in [0.4, 0.5) is 0 Å². The van der Waals surface area contributed by atoms with Gasteiger partial charge in [-0.1, -0.05) is 61.0 Å². The van der Waals surface area contributed by atoms with E-state index in [0.29, 0.717) is 5.56 Å². The van der Waals surface area contributed by atoms with E-state index in [1.807, 2.05) is 12.1 Å². The largest absolute Gasteiger partial charge is 0.388 e. The molecular formula is C19H22O2. The summed E-state index contributed by atoms with van der Waals surface area (Å²) in [5, 5.41) is 8.80. The van der Waals surface area contributed by atoms with Crippen LogP contribution in [0.25, 0.3) is 0 Å². The molecule has 21 heavy (non-hydrogen) atoms. The summed E-state index contributed by atoms with van der Waals surface area (Å²) in [6, 6.07) is 18.2. The van der Waals surface area contributed by atoms with E-state index in [9.17, 15) is 4.79 Å². The maximum absolute atomic E-state index is 11.3. The highest BCUT2D eigenvalue weighted by molar-refractivity contribution is 5.96. The molecule has 2 rings (SSSR count). The van der Waals surface area contributed by atoms with Gasteiger partial charge in [0.1, 0.15) is 6.61 Å². The fourth-order valence-electron chi connectivity index (χ4n) is 2.43. The van der Waals surface area contributed by atoms with Crippen LogP contribution in [0.15, 0.2) is 54.6 Å². The smallest absolute Gasteiger partial charge is 0.188 e. The van der Waals surface area contributed by atoms with Gasteiger partial charge in [0.05, 0.1) is 0 Å². The molecule has 2 aromatic carbocycles. The van der Waals surface area contributed by atoms with E-state index in [2.05, 4.69) is 30.3 Å². The molecule has 0 aliphatic carbocycles. The van der Waals surface area contributed by atoms with E-state index < -0.39 is 6.61 Å². The number of aliphatic hydroxyl groups excluding tert-OH is 1. The average Bonchev–Trinajstić information content (AvgIpc) is 2.55. The van der Waals surface area contributed by atoms with Crippen molar-refractivity contribution < 1.29 is 9.90 Å². The molecule has 110 valence electrons. The van der Waals surface area contributed by atoms with Crippen LogP contribution in [-0.4, -0.2) is 17.5 Å². The van der Waals surface area contributed by atoms with Crippen molar-refractivity contribution in [1.82, 2.24) is 0 Å². The number of benzene rings is 2. The van der Waals surface area contributed by atoms with Crippen LogP contribution < -0.4 is 0 Å². The molecule has 0 spiro atoms. The zero-order chi connectivity index (χ0) is 14.9. The zero-order valence-electron chi connectivity index (χ0n) is 12.3. The molecule has 0 amide bonds. The topological polar surface area (TPSA) is 37.3 Å². The Bertz CT molecular complexity index is 544. The molecule has 0 atom stereocenters. The Morgan fingerprint density at radius 1 is 0.762 bits per heavy atom. The molecule has 0 fully saturated rings. The Kier molecular flexibility index (Phi) is 6.17. The van der Waals surface area contributed by atoms with Crippen molar-refractivity contribution in [2.45, 2.75) is 32.1 Å². The molecule has 1 N–H and O–H groups in total. The first-order chi connectivity index (χ1) is 10.3. The van der Waals surface area contributed by atoms with Crippen molar-refractivity contribution in [3.8, 4) is 0 Å². The van der Waals surface area contributed by atoms with E-state index in [0.717, 1.165) is 12.8 Å². The number of aryl methyl sites for hydroxylation is 2. The minimum atomic E-state index is -0.418. The number of Topliss-reactive ketones (excluding diaryl/α,β-unsaturated/α-hetero) is 1. The van der Waals surface area contributed by atoms with Crippen LogP contribution in [0.3, 0.4) is 0 Å². The molecule has 0 aliphatic heterocycles. The highest BCUT2D eigenvalue weighted by Crippen LogP contribution is 2.11. The number of hydrogen-bond acceptors (Lipinski definition) is 2. The number of ketones is 1. The Morgan fingerprint density at radius 2 is 1.33 bits per heavy atom. The summed E-state index contributed by atoms with van der Waals surface area (Å²) in [7, 11) is 0. The molecule has 0 aromatic heterocycles. The average molecular weight is 282 g/mol. The van der Waals surface area contributed by atoms with Crippen molar-refractivity contribution in [1.29, 1.82) is 0 Å². The number of rotatable bonds is 8. The molecule has 0 heterocycles. The zero-order valence-corrected chi connectivity index (χ0v) is 12.3. The van der Waals surface area contributed by atoms with Crippen LogP contribution in [0, 0.1) is 0 Å². The first-order valence-electron chi connectivity index (χ1n) is 7.56. The van der Waals surface area contributed by atoms with Gasteiger partial charge < -0.3 is 5.11 Å². The third-order valence-electron chi connectivity index (χ3n) is 3.69. The fourth-order valence-corrected chi connectivity index (χ4v) is 2.43. The Labute approximate surface area is 126 Å². The van der Waals surface area contributed by atoms with Crippen LogP contribution in [0.5, 0.6) is 0 Å². The van der Waals surface area contributed by atoms with E-state index in [1.54, 1.807) is 12.1 Å². The van der Waals surface area contributed by atoms with Gasteiger partial charge in [-0.3, -0.25) is 4.79 Å². The summed E-state index contributed by atoms with van der Waals surface area (Å²) < 4.78 is 0. The normalized spacial score (nSPS) is 10.5. The summed E-state index contributed by atoms with van der Waals surface area (Å²) in [6.07, 6.45) is 5.78. The van der Waals surface area contributed by atoms with Crippen LogP contribution >= 0.6 is 0 Å². The molecule has 0 saturated heterocycles. The first kappa shape index (κ1) is 15.5. The molecule has 2 aromatic rings. The van der Waals surface area contributed by atoms with Gasteiger partial charge in [0.15, 0.2) is 5.78 Å². The van der Waals surface area contributed by atoms with E-state index in [-0.39, 0.29) is 5.78 Å². The molecule has 2 heteroatoms. The van der Waals surface area contributed by atoms with E-state index in [1.165, 1.54) is 30.4 Å². The lowest BCUT2D eigenvalue weighted by Gasteiger charge is -2.04. The maximum atomic E-state index is 11.3. The number of hydrogen-bond donors (Lipinski definition) is 1. The standard InChI is InChI=1S/C19H22O2/c20-15-19(21)18-13-11-17(12-14-18)10-6-2-5-9-16-7-3-1-4-8-16/h1,3-4,7-8,11-14,20H,2,5-6,9-10,15H2. The molecule has 0 aliphatic rings. The number of aliphatic hydroxyl groups is 1. The fraction of sp³-hybridized carbons (Fsp3) is 0.316. The lowest BCUT2D eigenvalue weighted by Crippen LogP contribution is -2.03. The van der Waals surface area contributed by atoms with E-state index >= 15 is 0 Å². The van der Waals surface area contributed by atoms with Gasteiger partial charge in [0, 0.05) is 5.56 Å². The number of carbonyl (C=O) groups excluding carboxylic acids is 1. The summed E-state index contributed by atoms with van der Waals surface area (Å²) >= 11 is 0. The molecule has 0 unspecified atom stereocenters. The molecule has 2 nitrogen and oxygen atoms in total.